The highest BCUT2D eigenvalue weighted by atomic mass is 35.5. The number of hydrogen-bond donors (Lipinski definition) is 1. The Morgan fingerprint density at radius 3 is 2.30 bits per heavy atom. The van der Waals surface area contributed by atoms with Gasteiger partial charge in [0.15, 0.2) is 0 Å². The smallest absolute Gasteiger partial charge is 0.0449 e. The average Bonchev–Trinajstić information content (AvgIpc) is 2.46. The second-order valence-electron chi connectivity index (χ2n) is 6.95. The van der Waals surface area contributed by atoms with E-state index in [1.165, 1.54) is 25.7 Å². The third-order valence-electron chi connectivity index (χ3n) is 5.82. The Morgan fingerprint density at radius 2 is 1.60 bits per heavy atom. The van der Waals surface area contributed by atoms with E-state index in [9.17, 15) is 9.90 Å². The Balaban J connectivity index is 1.74. The van der Waals surface area contributed by atoms with Crippen LogP contribution in [0.25, 0.3) is 0 Å². The number of hydrogen-bond acceptors (Lipinski definition) is 3. The van der Waals surface area contributed by atoms with Crippen LogP contribution >= 0.6 is 11.6 Å². The molecule has 0 amide bonds. The van der Waals surface area contributed by atoms with Gasteiger partial charge in [0.25, 0.3) is 0 Å². The molecule has 1 aliphatic heterocycles. The van der Waals surface area contributed by atoms with Crippen LogP contribution in [0, 0.1) is 17.8 Å². The average molecular weight is 299 g/mol. The highest BCUT2D eigenvalue weighted by molar-refractivity contribution is 6.20. The number of aliphatic carboxylic acids is 1. The third-order valence-corrected chi connectivity index (χ3v) is 6.37. The summed E-state index contributed by atoms with van der Waals surface area (Å²) in [5.74, 6) is -0.384. The van der Waals surface area contributed by atoms with Gasteiger partial charge in [-0.3, -0.25) is 0 Å². The summed E-state index contributed by atoms with van der Waals surface area (Å²) in [7, 11) is 0. The minimum atomic E-state index is -0.838. The summed E-state index contributed by atoms with van der Waals surface area (Å²) in [6.45, 7) is 0. The molecule has 3 aliphatic rings. The number of rotatable bonds is 2. The Hall–Kier alpha value is -0.280. The third kappa shape index (κ3) is 2.85. The first-order valence-corrected chi connectivity index (χ1v) is 8.71. The lowest BCUT2D eigenvalue weighted by molar-refractivity contribution is -0.315. The van der Waals surface area contributed by atoms with Crippen LogP contribution in [-0.4, -0.2) is 23.4 Å². The summed E-state index contributed by atoms with van der Waals surface area (Å²) in [5.41, 5.74) is 0. The molecule has 0 radical (unpaired) electrons. The van der Waals surface area contributed by atoms with Crippen molar-refractivity contribution in [3.8, 4) is 0 Å². The van der Waals surface area contributed by atoms with Gasteiger partial charge in [0.05, 0.1) is 0 Å². The van der Waals surface area contributed by atoms with E-state index in [1.54, 1.807) is 0 Å². The summed E-state index contributed by atoms with van der Waals surface area (Å²) in [5, 5.41) is 15.5. The fourth-order valence-electron chi connectivity index (χ4n) is 4.78. The molecule has 0 aromatic heterocycles. The van der Waals surface area contributed by atoms with Crippen molar-refractivity contribution < 1.29 is 9.90 Å². The van der Waals surface area contributed by atoms with Crippen LogP contribution < -0.4 is 10.4 Å². The molecule has 20 heavy (non-hydrogen) atoms. The SMILES string of the molecule is O=C([O-])C1CC(C2CCCCC2Cl)NC2CCCCC21. The predicted octanol–water partition coefficient (Wildman–Crippen LogP) is 2.07. The molecule has 0 aromatic carbocycles. The van der Waals surface area contributed by atoms with E-state index in [2.05, 4.69) is 5.32 Å². The largest absolute Gasteiger partial charge is 0.550 e. The molecule has 3 fully saturated rings. The number of alkyl halides is 1. The quantitative estimate of drug-likeness (QED) is 0.794. The van der Waals surface area contributed by atoms with Gasteiger partial charge in [-0.25, -0.2) is 0 Å². The number of carbonyl (C=O) groups excluding carboxylic acids is 1. The van der Waals surface area contributed by atoms with Gasteiger partial charge in [0, 0.05) is 29.3 Å². The first-order valence-electron chi connectivity index (χ1n) is 8.28. The van der Waals surface area contributed by atoms with Gasteiger partial charge in [0.1, 0.15) is 0 Å². The number of carboxylic acids is 1. The van der Waals surface area contributed by atoms with Gasteiger partial charge < -0.3 is 15.2 Å². The van der Waals surface area contributed by atoms with Gasteiger partial charge in [-0.05, 0) is 43.9 Å². The van der Waals surface area contributed by atoms with Gasteiger partial charge in [-0.15, -0.1) is 11.6 Å². The molecule has 4 heteroatoms. The van der Waals surface area contributed by atoms with Crippen molar-refractivity contribution >= 4 is 17.6 Å². The molecule has 3 nitrogen and oxygen atoms in total. The van der Waals surface area contributed by atoms with E-state index in [0.29, 0.717) is 12.0 Å². The number of nitrogens with one attached hydrogen (secondary N) is 1. The first-order chi connectivity index (χ1) is 9.66. The van der Waals surface area contributed by atoms with Gasteiger partial charge >= 0.3 is 0 Å². The summed E-state index contributed by atoms with van der Waals surface area (Å²) in [4.78, 5) is 11.5. The first kappa shape index (κ1) is 14.6. The lowest BCUT2D eigenvalue weighted by atomic mass is 9.68. The van der Waals surface area contributed by atoms with Crippen molar-refractivity contribution in [2.75, 3.05) is 0 Å². The Bertz CT molecular complexity index is 362. The minimum Gasteiger partial charge on any atom is -0.550 e. The van der Waals surface area contributed by atoms with Gasteiger partial charge in [-0.2, -0.15) is 0 Å². The molecule has 6 unspecified atom stereocenters. The fourth-order valence-corrected chi connectivity index (χ4v) is 5.23. The standard InChI is InChI=1S/C16H26ClNO2/c17-13-7-3-1-6-11(13)15-9-12(16(19)20)10-5-2-4-8-14(10)18-15/h10-15,18H,1-9H2,(H,19,20)/p-1. The molecular formula is C16H25ClNO2-. The molecule has 1 N–H and O–H groups in total. The van der Waals surface area contributed by atoms with Gasteiger partial charge in [-0.1, -0.05) is 25.7 Å². The molecule has 6 atom stereocenters. The number of halogens is 1. The molecule has 3 rings (SSSR count). The molecule has 2 saturated carbocycles. The zero-order valence-corrected chi connectivity index (χ0v) is 12.8. The zero-order valence-electron chi connectivity index (χ0n) is 12.0. The molecule has 0 spiro atoms. The van der Waals surface area contributed by atoms with Crippen molar-refractivity contribution in [3.63, 3.8) is 0 Å². The molecule has 114 valence electrons. The molecule has 1 heterocycles. The lowest BCUT2D eigenvalue weighted by Crippen LogP contribution is -2.59. The summed E-state index contributed by atoms with van der Waals surface area (Å²) in [6.07, 6.45) is 9.93. The summed E-state index contributed by atoms with van der Waals surface area (Å²) >= 11 is 6.52. The van der Waals surface area contributed by atoms with E-state index in [-0.39, 0.29) is 23.3 Å². The van der Waals surface area contributed by atoms with Crippen molar-refractivity contribution in [1.29, 1.82) is 0 Å². The Morgan fingerprint density at radius 1 is 0.950 bits per heavy atom. The predicted molar refractivity (Wildman–Crippen MR) is 77.4 cm³/mol. The van der Waals surface area contributed by atoms with E-state index < -0.39 is 5.97 Å². The van der Waals surface area contributed by atoms with Crippen molar-refractivity contribution in [2.24, 2.45) is 17.8 Å². The van der Waals surface area contributed by atoms with Crippen LogP contribution in [0.1, 0.15) is 57.8 Å². The monoisotopic (exact) mass is 298 g/mol. The number of piperidine rings is 1. The second kappa shape index (κ2) is 6.23. The van der Waals surface area contributed by atoms with Crippen molar-refractivity contribution in [1.82, 2.24) is 5.32 Å². The highest BCUT2D eigenvalue weighted by Gasteiger charge is 2.43. The normalized spacial score (nSPS) is 45.6. The van der Waals surface area contributed by atoms with Crippen molar-refractivity contribution in [2.45, 2.75) is 75.2 Å². The summed E-state index contributed by atoms with van der Waals surface area (Å²) in [6, 6.07) is 0.649. The molecule has 1 saturated heterocycles. The van der Waals surface area contributed by atoms with Crippen LogP contribution in [0.3, 0.4) is 0 Å². The molecule has 0 aromatic rings. The minimum absolute atomic E-state index is 0.212. The molecule has 0 bridgehead atoms. The molecular weight excluding hydrogens is 274 g/mol. The maximum absolute atomic E-state index is 11.5. The van der Waals surface area contributed by atoms with Crippen LogP contribution in [-0.2, 0) is 4.79 Å². The van der Waals surface area contributed by atoms with Crippen LogP contribution in [0.5, 0.6) is 0 Å². The number of carbonyl (C=O) groups is 1. The van der Waals surface area contributed by atoms with Crippen LogP contribution in [0.15, 0.2) is 0 Å². The molecule has 2 aliphatic carbocycles. The lowest BCUT2D eigenvalue weighted by Gasteiger charge is -2.49. The number of fused-ring (bicyclic) bond motifs is 1. The number of carboxylic acid groups (broad SMARTS) is 1. The van der Waals surface area contributed by atoms with E-state index >= 15 is 0 Å². The maximum atomic E-state index is 11.5. The van der Waals surface area contributed by atoms with E-state index in [0.717, 1.165) is 32.1 Å². The van der Waals surface area contributed by atoms with Crippen molar-refractivity contribution in [3.05, 3.63) is 0 Å². The van der Waals surface area contributed by atoms with Gasteiger partial charge in [0.2, 0.25) is 0 Å². The topological polar surface area (TPSA) is 52.2 Å². The highest BCUT2D eigenvalue weighted by Crippen LogP contribution is 2.41. The Kier molecular flexibility index (Phi) is 4.56. The van der Waals surface area contributed by atoms with Crippen LogP contribution in [0.4, 0.5) is 0 Å². The Labute approximate surface area is 126 Å². The van der Waals surface area contributed by atoms with Crippen LogP contribution in [0.2, 0.25) is 0 Å². The summed E-state index contributed by atoms with van der Waals surface area (Å²) < 4.78 is 0. The zero-order chi connectivity index (χ0) is 14.1. The van der Waals surface area contributed by atoms with E-state index in [4.69, 9.17) is 11.6 Å². The maximum Gasteiger partial charge on any atom is 0.0449 e. The fraction of sp³-hybridized carbons (Fsp3) is 0.938. The van der Waals surface area contributed by atoms with E-state index in [1.807, 2.05) is 0 Å². The second-order valence-corrected chi connectivity index (χ2v) is 7.51.